The van der Waals surface area contributed by atoms with E-state index in [-0.39, 0.29) is 31.2 Å². The van der Waals surface area contributed by atoms with Crippen molar-refractivity contribution in [3.8, 4) is 0 Å². The predicted octanol–water partition coefficient (Wildman–Crippen LogP) is -2.50. The van der Waals surface area contributed by atoms with E-state index in [1.807, 2.05) is 0 Å². The molecule has 0 aliphatic carbocycles. The lowest BCUT2D eigenvalue weighted by Gasteiger charge is -2.25. The predicted molar refractivity (Wildman–Crippen MR) is 133 cm³/mol. The highest BCUT2D eigenvalue weighted by Crippen LogP contribution is 2.03. The normalized spacial score (nSPS) is 13.8. The Morgan fingerprint density at radius 1 is 0.757 bits per heavy atom. The van der Waals surface area contributed by atoms with Gasteiger partial charge in [-0.2, -0.15) is 0 Å². The van der Waals surface area contributed by atoms with Gasteiger partial charge < -0.3 is 36.6 Å². The molecule has 0 bridgehead atoms. The van der Waals surface area contributed by atoms with Crippen molar-refractivity contribution in [3.63, 3.8) is 0 Å². The molecule has 4 atom stereocenters. The van der Waals surface area contributed by atoms with Crippen LogP contribution in [0.4, 0.5) is 0 Å². The lowest BCUT2D eigenvalue weighted by Crippen LogP contribution is -2.58. The van der Waals surface area contributed by atoms with E-state index >= 15 is 0 Å². The van der Waals surface area contributed by atoms with Crippen LogP contribution >= 0.6 is 0 Å². The summed E-state index contributed by atoms with van der Waals surface area (Å²) < 4.78 is 4.34. The van der Waals surface area contributed by atoms with E-state index in [4.69, 9.17) is 0 Å². The van der Waals surface area contributed by atoms with E-state index in [9.17, 15) is 33.6 Å². The maximum absolute atomic E-state index is 12.8. The summed E-state index contributed by atoms with van der Waals surface area (Å²) in [5.41, 5.74) is 0. The van der Waals surface area contributed by atoms with Crippen molar-refractivity contribution < 1.29 is 38.3 Å². The van der Waals surface area contributed by atoms with Gasteiger partial charge in [-0.1, -0.05) is 20.8 Å². The van der Waals surface area contributed by atoms with Crippen molar-refractivity contribution >= 4 is 41.3 Å². The van der Waals surface area contributed by atoms with E-state index in [2.05, 4.69) is 36.6 Å². The van der Waals surface area contributed by atoms with Gasteiger partial charge in [0.05, 0.1) is 19.7 Å². The fraction of sp³-hybridized carbons (Fsp3) is 0.696. The Morgan fingerprint density at radius 2 is 1.35 bits per heavy atom. The van der Waals surface area contributed by atoms with E-state index in [0.29, 0.717) is 6.54 Å². The molecule has 0 heterocycles. The molecule has 0 aliphatic heterocycles. The third kappa shape index (κ3) is 12.3. The quantitative estimate of drug-likeness (QED) is 0.0925. The summed E-state index contributed by atoms with van der Waals surface area (Å²) in [6, 6.07) is -4.24. The Bertz CT molecular complexity index is 847. The number of ketones is 1. The molecule has 0 aliphatic rings. The zero-order valence-corrected chi connectivity index (χ0v) is 22.5. The first-order valence-corrected chi connectivity index (χ1v) is 12.0. The van der Waals surface area contributed by atoms with Gasteiger partial charge >= 0.3 is 5.97 Å². The first-order chi connectivity index (χ1) is 17.3. The van der Waals surface area contributed by atoms with E-state index in [1.54, 1.807) is 27.8 Å². The van der Waals surface area contributed by atoms with Crippen molar-refractivity contribution in [1.29, 1.82) is 0 Å². The Morgan fingerprint density at radius 3 is 1.86 bits per heavy atom. The number of amides is 5. The Kier molecular flexibility index (Phi) is 15.4. The molecule has 0 aromatic rings. The van der Waals surface area contributed by atoms with Gasteiger partial charge in [-0.3, -0.25) is 28.8 Å². The van der Waals surface area contributed by atoms with Crippen molar-refractivity contribution in [1.82, 2.24) is 31.9 Å². The van der Waals surface area contributed by atoms with Crippen LogP contribution in [-0.2, 0) is 38.3 Å². The number of hydrogen-bond acceptors (Lipinski definition) is 9. The number of rotatable bonds is 16. The smallest absolute Gasteiger partial charge is 0.376 e. The number of nitrogens with one attached hydrogen (secondary N) is 6. The van der Waals surface area contributed by atoms with Crippen LogP contribution in [-0.4, -0.2) is 92.7 Å². The number of methoxy groups -OCH3 is 1. The molecule has 0 radical (unpaired) electrons. The van der Waals surface area contributed by atoms with Gasteiger partial charge in [0.25, 0.3) is 5.78 Å². The lowest BCUT2D eigenvalue weighted by atomic mass is 10.0. The summed E-state index contributed by atoms with van der Waals surface area (Å²) in [5.74, 6) is -5.26. The topological polar surface area (TPSA) is 201 Å². The molecule has 0 spiro atoms. The van der Waals surface area contributed by atoms with Gasteiger partial charge in [0, 0.05) is 13.0 Å². The summed E-state index contributed by atoms with van der Waals surface area (Å²) in [7, 11) is 2.74. The Hall–Kier alpha value is -3.55. The van der Waals surface area contributed by atoms with Gasteiger partial charge in [-0.05, 0) is 33.2 Å². The van der Waals surface area contributed by atoms with E-state index in [0.717, 1.165) is 7.11 Å². The monoisotopic (exact) mass is 528 g/mol. The van der Waals surface area contributed by atoms with Crippen molar-refractivity contribution in [2.24, 2.45) is 5.92 Å². The molecule has 6 N–H and O–H groups in total. The highest BCUT2D eigenvalue weighted by Gasteiger charge is 2.30. The molecular formula is C23H40N6O8. The first-order valence-electron chi connectivity index (χ1n) is 12.0. The fourth-order valence-electron chi connectivity index (χ4n) is 2.94. The molecule has 14 nitrogen and oxygen atoms in total. The molecule has 210 valence electrons. The average Bonchev–Trinajstić information content (AvgIpc) is 2.85. The lowest BCUT2D eigenvalue weighted by molar-refractivity contribution is -0.152. The highest BCUT2D eigenvalue weighted by atomic mass is 16.5. The first kappa shape index (κ1) is 33.4. The van der Waals surface area contributed by atoms with Crippen LogP contribution in [0.1, 0.15) is 47.5 Å². The summed E-state index contributed by atoms with van der Waals surface area (Å²) >= 11 is 0. The third-order valence-electron chi connectivity index (χ3n) is 5.25. The molecule has 0 saturated carbocycles. The van der Waals surface area contributed by atoms with Gasteiger partial charge in [-0.25, -0.2) is 4.79 Å². The van der Waals surface area contributed by atoms with Gasteiger partial charge in [0.15, 0.2) is 0 Å². The Labute approximate surface area is 216 Å². The zero-order valence-electron chi connectivity index (χ0n) is 22.5. The van der Waals surface area contributed by atoms with E-state index in [1.165, 1.54) is 13.8 Å². The van der Waals surface area contributed by atoms with Crippen LogP contribution in [0.2, 0.25) is 0 Å². The number of carbonyl (C=O) groups excluding carboxylic acids is 7. The molecule has 0 fully saturated rings. The maximum atomic E-state index is 12.8. The molecule has 0 saturated heterocycles. The summed E-state index contributed by atoms with van der Waals surface area (Å²) in [6.07, 6.45) is 0.365. The third-order valence-corrected chi connectivity index (χ3v) is 5.25. The van der Waals surface area contributed by atoms with Crippen LogP contribution in [0.15, 0.2) is 0 Å². The fourth-order valence-corrected chi connectivity index (χ4v) is 2.94. The number of carbonyl (C=O) groups is 7. The van der Waals surface area contributed by atoms with Crippen LogP contribution < -0.4 is 31.9 Å². The van der Waals surface area contributed by atoms with E-state index < -0.39 is 59.5 Å². The highest BCUT2D eigenvalue weighted by molar-refractivity contribution is 6.35. The minimum absolute atomic E-state index is 0.169. The molecule has 0 aromatic heterocycles. The molecule has 14 heteroatoms. The van der Waals surface area contributed by atoms with Gasteiger partial charge in [-0.15, -0.1) is 0 Å². The minimum atomic E-state index is -1.16. The van der Waals surface area contributed by atoms with Gasteiger partial charge in [0.2, 0.25) is 29.5 Å². The number of Topliss-reactive ketones (excluding diaryl/α,β-unsaturated/α-hetero) is 1. The van der Waals surface area contributed by atoms with Gasteiger partial charge in [0.1, 0.15) is 18.1 Å². The second-order valence-corrected chi connectivity index (χ2v) is 8.71. The minimum Gasteiger partial charge on any atom is -0.463 e. The number of hydrogen-bond donors (Lipinski definition) is 6. The second kappa shape index (κ2) is 17.0. The molecule has 0 aromatic carbocycles. The van der Waals surface area contributed by atoms with Crippen LogP contribution in [0.3, 0.4) is 0 Å². The largest absolute Gasteiger partial charge is 0.463 e. The average molecular weight is 529 g/mol. The summed E-state index contributed by atoms with van der Waals surface area (Å²) in [4.78, 5) is 84.9. The molecular weight excluding hydrogens is 488 g/mol. The molecule has 37 heavy (non-hydrogen) atoms. The SMILES string of the molecule is CCC(NC(=O)C(C)NC(=O)C(NC(=O)CNC(=O)CCNC)C(C)C)C(=O)NC(C)C(=O)C(=O)OC. The summed E-state index contributed by atoms with van der Waals surface area (Å²) in [5, 5.41) is 15.1. The van der Waals surface area contributed by atoms with Crippen LogP contribution in [0.25, 0.3) is 0 Å². The molecule has 5 amide bonds. The molecule has 4 unspecified atom stereocenters. The maximum Gasteiger partial charge on any atom is 0.376 e. The number of ether oxygens (including phenoxy) is 1. The molecule has 0 rings (SSSR count). The Balaban J connectivity index is 4.97. The van der Waals surface area contributed by atoms with Crippen molar-refractivity contribution in [3.05, 3.63) is 0 Å². The van der Waals surface area contributed by atoms with Crippen LogP contribution in [0.5, 0.6) is 0 Å². The number of esters is 1. The van der Waals surface area contributed by atoms with Crippen molar-refractivity contribution in [2.45, 2.75) is 71.6 Å². The zero-order chi connectivity index (χ0) is 28.7. The van der Waals surface area contributed by atoms with Crippen LogP contribution in [0, 0.1) is 5.92 Å². The van der Waals surface area contributed by atoms with Crippen molar-refractivity contribution in [2.75, 3.05) is 27.2 Å². The summed E-state index contributed by atoms with van der Waals surface area (Å²) in [6.45, 7) is 7.90. The standard InChI is InChI=1S/C23H40N6O8/c1-8-15(21(34)26-13(4)19(32)23(36)37-7)28-20(33)14(5)27-22(35)18(12(2)3)29-17(31)11-25-16(30)9-10-24-6/h12-15,18,24H,8-11H2,1-7H3,(H,25,30)(H,26,34)(H,27,35)(H,28,33)(H,29,31). The second-order valence-electron chi connectivity index (χ2n) is 8.71.